The molecule has 4 heteroatoms. The molecule has 0 saturated heterocycles. The number of halogens is 2. The van der Waals surface area contributed by atoms with Crippen molar-refractivity contribution in [2.75, 3.05) is 6.54 Å². The maximum absolute atomic E-state index is 13.4. The van der Waals surface area contributed by atoms with E-state index >= 15 is 0 Å². The highest BCUT2D eigenvalue weighted by molar-refractivity contribution is 6.30. The van der Waals surface area contributed by atoms with Gasteiger partial charge in [0.05, 0.1) is 5.02 Å². The van der Waals surface area contributed by atoms with Crippen LogP contribution >= 0.6 is 11.6 Å². The van der Waals surface area contributed by atoms with Crippen LogP contribution in [0.1, 0.15) is 11.1 Å². The third-order valence-corrected chi connectivity index (χ3v) is 3.44. The van der Waals surface area contributed by atoms with Crippen molar-refractivity contribution in [1.82, 2.24) is 0 Å². The van der Waals surface area contributed by atoms with Gasteiger partial charge < -0.3 is 10.8 Å². The van der Waals surface area contributed by atoms with Crippen LogP contribution in [0, 0.1) is 5.82 Å². The first-order valence-corrected chi connectivity index (χ1v) is 6.35. The average molecular weight is 280 g/mol. The van der Waals surface area contributed by atoms with Gasteiger partial charge in [0.15, 0.2) is 0 Å². The third kappa shape index (κ3) is 3.13. The highest BCUT2D eigenvalue weighted by Gasteiger charge is 2.28. The molecule has 0 heterocycles. The van der Waals surface area contributed by atoms with Crippen LogP contribution in [0.2, 0.25) is 5.02 Å². The van der Waals surface area contributed by atoms with Gasteiger partial charge in [-0.1, -0.05) is 48.0 Å². The smallest absolute Gasteiger partial charge is 0.142 e. The zero-order valence-electron chi connectivity index (χ0n) is 10.3. The van der Waals surface area contributed by atoms with E-state index in [0.717, 1.165) is 0 Å². The van der Waals surface area contributed by atoms with Gasteiger partial charge in [0, 0.05) is 13.0 Å². The molecular formula is C15H15ClFNO. The second-order valence-corrected chi connectivity index (χ2v) is 4.93. The van der Waals surface area contributed by atoms with Gasteiger partial charge >= 0.3 is 0 Å². The van der Waals surface area contributed by atoms with Crippen LogP contribution in [0.25, 0.3) is 0 Å². The summed E-state index contributed by atoms with van der Waals surface area (Å²) in [6.07, 6.45) is 0.238. The number of hydrogen-bond donors (Lipinski definition) is 2. The standard InChI is InChI=1S/C15H15ClFNO/c16-13-7-6-11(8-14(13)17)9-15(19,10-18)12-4-2-1-3-5-12/h1-8,19H,9-10,18H2. The summed E-state index contributed by atoms with van der Waals surface area (Å²) in [5.74, 6) is -0.494. The van der Waals surface area contributed by atoms with Crippen LogP contribution in [-0.4, -0.2) is 11.7 Å². The molecule has 0 fully saturated rings. The van der Waals surface area contributed by atoms with E-state index in [4.69, 9.17) is 17.3 Å². The summed E-state index contributed by atoms with van der Waals surface area (Å²) >= 11 is 5.64. The van der Waals surface area contributed by atoms with Crippen molar-refractivity contribution in [3.05, 3.63) is 70.5 Å². The van der Waals surface area contributed by atoms with E-state index in [1.54, 1.807) is 18.2 Å². The summed E-state index contributed by atoms with van der Waals surface area (Å²) in [4.78, 5) is 0. The lowest BCUT2D eigenvalue weighted by Gasteiger charge is -2.27. The van der Waals surface area contributed by atoms with E-state index in [9.17, 15) is 9.50 Å². The van der Waals surface area contributed by atoms with Gasteiger partial charge in [0.25, 0.3) is 0 Å². The Bertz CT molecular complexity index is 561. The second-order valence-electron chi connectivity index (χ2n) is 4.53. The predicted octanol–water partition coefficient (Wildman–Crippen LogP) is 2.87. The van der Waals surface area contributed by atoms with Crippen molar-refractivity contribution in [2.45, 2.75) is 12.0 Å². The van der Waals surface area contributed by atoms with E-state index in [-0.39, 0.29) is 18.0 Å². The summed E-state index contributed by atoms with van der Waals surface area (Å²) < 4.78 is 13.4. The molecule has 0 amide bonds. The van der Waals surface area contributed by atoms with Crippen LogP contribution in [0.4, 0.5) is 4.39 Å². The van der Waals surface area contributed by atoms with E-state index in [1.807, 2.05) is 18.2 Å². The molecule has 3 N–H and O–H groups in total. The van der Waals surface area contributed by atoms with Crippen LogP contribution in [0.15, 0.2) is 48.5 Å². The van der Waals surface area contributed by atoms with Gasteiger partial charge in [-0.05, 0) is 23.3 Å². The van der Waals surface area contributed by atoms with Gasteiger partial charge in [-0.15, -0.1) is 0 Å². The molecule has 0 saturated carbocycles. The van der Waals surface area contributed by atoms with Crippen molar-refractivity contribution in [3.63, 3.8) is 0 Å². The Kier molecular flexibility index (Phi) is 4.20. The first kappa shape index (κ1) is 14.0. The summed E-state index contributed by atoms with van der Waals surface area (Å²) in [6.45, 7) is 0.0568. The minimum absolute atomic E-state index is 0.0568. The molecule has 0 bridgehead atoms. The fourth-order valence-electron chi connectivity index (χ4n) is 2.03. The first-order chi connectivity index (χ1) is 9.05. The van der Waals surface area contributed by atoms with Crippen LogP contribution in [0.3, 0.4) is 0 Å². The van der Waals surface area contributed by atoms with Gasteiger partial charge in [0.2, 0.25) is 0 Å². The number of hydrogen-bond acceptors (Lipinski definition) is 2. The molecule has 0 aliphatic heterocycles. The predicted molar refractivity (Wildman–Crippen MR) is 74.5 cm³/mol. The highest BCUT2D eigenvalue weighted by Crippen LogP contribution is 2.26. The highest BCUT2D eigenvalue weighted by atomic mass is 35.5. The summed E-state index contributed by atoms with van der Waals surface area (Å²) in [5.41, 5.74) is 5.85. The van der Waals surface area contributed by atoms with Crippen LogP contribution < -0.4 is 5.73 Å². The van der Waals surface area contributed by atoms with Crippen molar-refractivity contribution < 1.29 is 9.50 Å². The molecule has 19 heavy (non-hydrogen) atoms. The molecule has 100 valence electrons. The summed E-state index contributed by atoms with van der Waals surface area (Å²) in [7, 11) is 0. The Hall–Kier alpha value is -1.42. The number of aliphatic hydroxyl groups is 1. The molecule has 0 aromatic heterocycles. The molecule has 0 spiro atoms. The van der Waals surface area contributed by atoms with Crippen molar-refractivity contribution >= 4 is 11.6 Å². The normalized spacial score (nSPS) is 14.1. The maximum Gasteiger partial charge on any atom is 0.142 e. The van der Waals surface area contributed by atoms with E-state index in [0.29, 0.717) is 11.1 Å². The molecule has 1 atom stereocenters. The number of nitrogens with two attached hydrogens (primary N) is 1. The Balaban J connectivity index is 2.30. The minimum atomic E-state index is -1.21. The van der Waals surface area contributed by atoms with E-state index in [1.165, 1.54) is 12.1 Å². The first-order valence-electron chi connectivity index (χ1n) is 5.97. The van der Waals surface area contributed by atoms with Gasteiger partial charge in [-0.3, -0.25) is 0 Å². The minimum Gasteiger partial charge on any atom is -0.383 e. The maximum atomic E-state index is 13.4. The monoisotopic (exact) mass is 279 g/mol. The zero-order chi connectivity index (χ0) is 13.9. The quantitative estimate of drug-likeness (QED) is 0.904. The SMILES string of the molecule is NCC(O)(Cc1ccc(Cl)c(F)c1)c1ccccc1. The molecule has 0 aliphatic carbocycles. The Morgan fingerprint density at radius 2 is 1.84 bits per heavy atom. The molecule has 2 aromatic carbocycles. The molecule has 0 aliphatic rings. The molecule has 1 unspecified atom stereocenters. The van der Waals surface area contributed by atoms with Gasteiger partial charge in [-0.2, -0.15) is 0 Å². The van der Waals surface area contributed by atoms with Crippen molar-refractivity contribution in [3.8, 4) is 0 Å². The fourth-order valence-corrected chi connectivity index (χ4v) is 2.15. The average Bonchev–Trinajstić information content (AvgIpc) is 2.44. The zero-order valence-corrected chi connectivity index (χ0v) is 11.1. The van der Waals surface area contributed by atoms with Crippen LogP contribution in [0.5, 0.6) is 0 Å². The topological polar surface area (TPSA) is 46.2 Å². The Morgan fingerprint density at radius 3 is 2.42 bits per heavy atom. The molecule has 2 nitrogen and oxygen atoms in total. The molecule has 2 rings (SSSR count). The van der Waals surface area contributed by atoms with E-state index < -0.39 is 11.4 Å². The Labute approximate surface area is 116 Å². The number of benzene rings is 2. The van der Waals surface area contributed by atoms with Crippen LogP contribution in [-0.2, 0) is 12.0 Å². The van der Waals surface area contributed by atoms with Gasteiger partial charge in [-0.25, -0.2) is 4.39 Å². The Morgan fingerprint density at radius 1 is 1.16 bits per heavy atom. The third-order valence-electron chi connectivity index (χ3n) is 3.13. The van der Waals surface area contributed by atoms with E-state index in [2.05, 4.69) is 0 Å². The summed E-state index contributed by atoms with van der Waals surface area (Å²) in [5, 5.41) is 10.7. The molecule has 0 radical (unpaired) electrons. The lowest BCUT2D eigenvalue weighted by atomic mass is 9.87. The van der Waals surface area contributed by atoms with Crippen molar-refractivity contribution in [2.24, 2.45) is 5.73 Å². The molecular weight excluding hydrogens is 265 g/mol. The second kappa shape index (κ2) is 5.70. The van der Waals surface area contributed by atoms with Gasteiger partial charge in [0.1, 0.15) is 11.4 Å². The fraction of sp³-hybridized carbons (Fsp3) is 0.200. The largest absolute Gasteiger partial charge is 0.383 e. The number of rotatable bonds is 4. The lowest BCUT2D eigenvalue weighted by Crippen LogP contribution is -2.37. The summed E-state index contributed by atoms with van der Waals surface area (Å²) in [6, 6.07) is 13.6. The lowest BCUT2D eigenvalue weighted by molar-refractivity contribution is 0.0462. The molecule has 2 aromatic rings. The van der Waals surface area contributed by atoms with Crippen molar-refractivity contribution in [1.29, 1.82) is 0 Å².